The fourth-order valence-electron chi connectivity index (χ4n) is 3.35. The third kappa shape index (κ3) is 2.30. The molecular weight excluding hydrogens is 302 g/mol. The molecule has 1 aromatic carbocycles. The summed E-state index contributed by atoms with van der Waals surface area (Å²) in [5.74, 6) is 0.700. The van der Waals surface area contributed by atoms with E-state index in [4.69, 9.17) is 9.47 Å². The van der Waals surface area contributed by atoms with Crippen molar-refractivity contribution >= 4 is 17.8 Å². The zero-order chi connectivity index (χ0) is 16.0. The molecule has 2 saturated carbocycles. The lowest BCUT2D eigenvalue weighted by Crippen LogP contribution is -2.26. The van der Waals surface area contributed by atoms with Crippen LogP contribution in [0.2, 0.25) is 0 Å². The van der Waals surface area contributed by atoms with Gasteiger partial charge < -0.3 is 9.47 Å². The number of hydrazone groups is 1. The second kappa shape index (κ2) is 4.94. The Morgan fingerprint density at radius 3 is 2.74 bits per heavy atom. The van der Waals surface area contributed by atoms with Crippen molar-refractivity contribution in [2.75, 3.05) is 6.79 Å². The van der Waals surface area contributed by atoms with Crippen LogP contribution in [-0.2, 0) is 4.79 Å². The van der Waals surface area contributed by atoms with Crippen LogP contribution in [0.1, 0.15) is 31.2 Å². The molecule has 1 aromatic rings. The fourth-order valence-corrected chi connectivity index (χ4v) is 3.35. The van der Waals surface area contributed by atoms with Gasteiger partial charge in [0.2, 0.25) is 12.7 Å². The molecule has 1 spiro atoms. The third-order valence-electron chi connectivity index (χ3n) is 4.95. The van der Waals surface area contributed by atoms with Crippen molar-refractivity contribution in [3.8, 4) is 11.5 Å². The minimum atomic E-state index is -0.518. The lowest BCUT2D eigenvalue weighted by molar-refractivity contribution is -0.385. The van der Waals surface area contributed by atoms with Crippen LogP contribution in [0.3, 0.4) is 0 Å². The molecule has 4 rings (SSSR count). The number of nitro benzene ring substituents is 1. The molecule has 1 aliphatic heterocycles. The summed E-state index contributed by atoms with van der Waals surface area (Å²) in [6, 6.07) is 2.79. The zero-order valence-electron chi connectivity index (χ0n) is 12.3. The van der Waals surface area contributed by atoms with Gasteiger partial charge in [-0.2, -0.15) is 5.10 Å². The number of carbonyl (C=O) groups excluding carboxylic acids is 1. The molecule has 0 aromatic heterocycles. The molecular formula is C15H15N3O5. The van der Waals surface area contributed by atoms with Crippen molar-refractivity contribution < 1.29 is 19.2 Å². The molecule has 0 bridgehead atoms. The van der Waals surface area contributed by atoms with Gasteiger partial charge >= 0.3 is 0 Å². The standard InChI is InChI=1S/C15H15N3O5/c19-14(10-6-15(10)2-1-3-15)17-16-7-9-4-12-13(23-8-22-12)5-11(9)18(20)21/h4-5,7,10H,1-3,6,8H2,(H,17,19)/b16-7-. The molecule has 2 aliphatic carbocycles. The summed E-state index contributed by atoms with van der Waals surface area (Å²) in [6.45, 7) is 0.0353. The summed E-state index contributed by atoms with van der Waals surface area (Å²) < 4.78 is 10.3. The van der Waals surface area contributed by atoms with E-state index in [9.17, 15) is 14.9 Å². The van der Waals surface area contributed by atoms with Gasteiger partial charge in [-0.3, -0.25) is 14.9 Å². The summed E-state index contributed by atoms with van der Waals surface area (Å²) in [4.78, 5) is 22.6. The largest absolute Gasteiger partial charge is 0.454 e. The maximum Gasteiger partial charge on any atom is 0.282 e. The summed E-state index contributed by atoms with van der Waals surface area (Å²) in [6.07, 6.45) is 5.62. The first-order valence-corrected chi connectivity index (χ1v) is 7.50. The van der Waals surface area contributed by atoms with Crippen molar-refractivity contribution in [2.45, 2.75) is 25.7 Å². The molecule has 23 heavy (non-hydrogen) atoms. The second-order valence-corrected chi connectivity index (χ2v) is 6.23. The van der Waals surface area contributed by atoms with Crippen LogP contribution in [-0.4, -0.2) is 23.8 Å². The monoisotopic (exact) mass is 317 g/mol. The third-order valence-corrected chi connectivity index (χ3v) is 4.95. The number of rotatable bonds is 4. The van der Waals surface area contributed by atoms with E-state index in [0.717, 1.165) is 19.3 Å². The van der Waals surface area contributed by atoms with Gasteiger partial charge in [-0.1, -0.05) is 6.42 Å². The van der Waals surface area contributed by atoms with Crippen molar-refractivity contribution in [1.29, 1.82) is 0 Å². The Morgan fingerprint density at radius 1 is 1.39 bits per heavy atom. The van der Waals surface area contributed by atoms with Crippen LogP contribution in [0, 0.1) is 21.4 Å². The minimum Gasteiger partial charge on any atom is -0.454 e. The molecule has 8 nitrogen and oxygen atoms in total. The summed E-state index contributed by atoms with van der Waals surface area (Å²) >= 11 is 0. The average molecular weight is 317 g/mol. The number of nitrogens with zero attached hydrogens (tertiary/aromatic N) is 2. The molecule has 3 aliphatic rings. The Balaban J connectivity index is 1.47. The summed E-state index contributed by atoms with van der Waals surface area (Å²) in [7, 11) is 0. The van der Waals surface area contributed by atoms with Gasteiger partial charge in [-0.25, -0.2) is 5.43 Å². The van der Waals surface area contributed by atoms with Crippen LogP contribution in [0.5, 0.6) is 11.5 Å². The highest BCUT2D eigenvalue weighted by molar-refractivity contribution is 5.89. The number of benzene rings is 1. The molecule has 120 valence electrons. The van der Waals surface area contributed by atoms with Crippen molar-refractivity contribution in [3.63, 3.8) is 0 Å². The Kier molecular flexibility index (Phi) is 3.00. The SMILES string of the molecule is O=C(N/N=C\c1cc2c(cc1[N+](=O)[O-])OCO2)C1CC12CCC2. The van der Waals surface area contributed by atoms with E-state index in [0.29, 0.717) is 11.5 Å². The van der Waals surface area contributed by atoms with Crippen LogP contribution < -0.4 is 14.9 Å². The Bertz CT molecular complexity index is 726. The Hall–Kier alpha value is -2.64. The number of hydrogen-bond acceptors (Lipinski definition) is 6. The average Bonchev–Trinajstić information content (AvgIpc) is 3.11. The molecule has 2 fully saturated rings. The lowest BCUT2D eigenvalue weighted by Gasteiger charge is -2.25. The van der Waals surface area contributed by atoms with E-state index in [1.165, 1.54) is 24.8 Å². The maximum absolute atomic E-state index is 12.0. The number of hydrogen-bond donors (Lipinski definition) is 1. The van der Waals surface area contributed by atoms with Crippen LogP contribution in [0.4, 0.5) is 5.69 Å². The van der Waals surface area contributed by atoms with Crippen molar-refractivity contribution in [3.05, 3.63) is 27.8 Å². The van der Waals surface area contributed by atoms with Gasteiger partial charge in [0.1, 0.15) is 0 Å². The highest BCUT2D eigenvalue weighted by Gasteiger charge is 2.60. The molecule has 1 N–H and O–H groups in total. The molecule has 1 heterocycles. The second-order valence-electron chi connectivity index (χ2n) is 6.23. The van der Waals surface area contributed by atoms with Gasteiger partial charge in [-0.05, 0) is 30.7 Å². The van der Waals surface area contributed by atoms with Gasteiger partial charge in [0.15, 0.2) is 11.5 Å². The smallest absolute Gasteiger partial charge is 0.282 e. The zero-order valence-corrected chi connectivity index (χ0v) is 12.3. The van der Waals surface area contributed by atoms with Gasteiger partial charge in [0, 0.05) is 5.92 Å². The van der Waals surface area contributed by atoms with Crippen LogP contribution in [0.15, 0.2) is 17.2 Å². The number of ether oxygens (including phenoxy) is 2. The first-order chi connectivity index (χ1) is 11.1. The Morgan fingerprint density at radius 2 is 2.13 bits per heavy atom. The minimum absolute atomic E-state index is 0.0353. The molecule has 1 atom stereocenters. The van der Waals surface area contributed by atoms with Gasteiger partial charge in [0.05, 0.1) is 22.8 Å². The highest BCUT2D eigenvalue weighted by atomic mass is 16.7. The molecule has 0 saturated heterocycles. The van der Waals surface area contributed by atoms with Crippen molar-refractivity contribution in [2.24, 2.45) is 16.4 Å². The lowest BCUT2D eigenvalue weighted by atomic mass is 9.80. The van der Waals surface area contributed by atoms with Gasteiger partial charge in [0.25, 0.3) is 5.69 Å². The number of nitrogens with one attached hydrogen (secondary N) is 1. The number of fused-ring (bicyclic) bond motifs is 1. The van der Waals surface area contributed by atoms with E-state index < -0.39 is 4.92 Å². The highest BCUT2D eigenvalue weighted by Crippen LogP contribution is 2.65. The summed E-state index contributed by atoms with van der Waals surface area (Å²) in [5.41, 5.74) is 2.83. The predicted molar refractivity (Wildman–Crippen MR) is 79.3 cm³/mol. The summed E-state index contributed by atoms with van der Waals surface area (Å²) in [5, 5.41) is 15.0. The number of nitro groups is 1. The van der Waals surface area contributed by atoms with E-state index >= 15 is 0 Å². The molecule has 1 unspecified atom stereocenters. The number of amides is 1. The molecule has 8 heteroatoms. The maximum atomic E-state index is 12.0. The van der Waals surface area contributed by atoms with Gasteiger partial charge in [-0.15, -0.1) is 0 Å². The topological polar surface area (TPSA) is 103 Å². The Labute approximate surface area is 131 Å². The fraction of sp³-hybridized carbons (Fsp3) is 0.467. The normalized spacial score (nSPS) is 22.9. The van der Waals surface area contributed by atoms with Crippen LogP contribution >= 0.6 is 0 Å². The molecule has 0 radical (unpaired) electrons. The first kappa shape index (κ1) is 14.0. The quantitative estimate of drug-likeness (QED) is 0.519. The predicted octanol–water partition coefficient (Wildman–Crippen LogP) is 1.96. The molecule has 1 amide bonds. The van der Waals surface area contributed by atoms with E-state index in [-0.39, 0.29) is 35.3 Å². The van der Waals surface area contributed by atoms with Crippen molar-refractivity contribution in [1.82, 2.24) is 5.43 Å². The number of carbonyl (C=O) groups is 1. The van der Waals surface area contributed by atoms with Crippen LogP contribution in [0.25, 0.3) is 0 Å². The van der Waals surface area contributed by atoms with E-state index in [1.54, 1.807) is 0 Å². The van der Waals surface area contributed by atoms with E-state index in [2.05, 4.69) is 10.5 Å². The van der Waals surface area contributed by atoms with E-state index in [1.807, 2.05) is 0 Å². The first-order valence-electron chi connectivity index (χ1n) is 7.50.